The van der Waals surface area contributed by atoms with Crippen molar-refractivity contribution in [2.24, 2.45) is 17.4 Å². The van der Waals surface area contributed by atoms with E-state index < -0.39 is 12.7 Å². The third kappa shape index (κ3) is 3.91. The van der Waals surface area contributed by atoms with E-state index in [0.717, 1.165) is 29.8 Å². The zero-order valence-corrected chi connectivity index (χ0v) is 18.7. The molecule has 0 bridgehead atoms. The Morgan fingerprint density at radius 3 is 2.66 bits per heavy atom. The maximum absolute atomic E-state index is 13.2. The summed E-state index contributed by atoms with van der Waals surface area (Å²) >= 11 is 0. The van der Waals surface area contributed by atoms with E-state index >= 15 is 0 Å². The van der Waals surface area contributed by atoms with Crippen molar-refractivity contribution in [3.63, 3.8) is 0 Å². The van der Waals surface area contributed by atoms with Crippen LogP contribution in [0.2, 0.25) is 0 Å². The van der Waals surface area contributed by atoms with Gasteiger partial charge in [0.1, 0.15) is 6.10 Å². The number of nitrogens with one attached hydrogen (secondary N) is 1. The minimum absolute atomic E-state index is 0.0941. The molecule has 170 valence electrons. The van der Waals surface area contributed by atoms with Gasteiger partial charge >= 0.3 is 0 Å². The zero-order valence-electron chi connectivity index (χ0n) is 18.7. The molecule has 0 radical (unpaired) electrons. The lowest BCUT2D eigenvalue weighted by Crippen LogP contribution is -2.35. The molecule has 7 N–H and O–H groups in total. The summed E-state index contributed by atoms with van der Waals surface area (Å²) in [5.74, 6) is 0.987. The molecule has 1 saturated carbocycles. The van der Waals surface area contributed by atoms with Crippen LogP contribution >= 0.6 is 0 Å². The number of aromatic amines is 1. The standard InChI is InChI=1S/C24H31N5O3/c1-12-13(2)28-23(27-12)20(26)8-17(9-25)16-6-18-10-29(14(3)15-4-5-15)24(32)22(18)19(7-16)21(31)11-30/h6-9,14-15,21,30-31H,4-5,10-11,25-26H2,1-3H3,(H,27,28)/b17-9+,20-8-. The molecule has 32 heavy (non-hydrogen) atoms. The van der Waals surface area contributed by atoms with Crippen LogP contribution in [0, 0.1) is 19.8 Å². The van der Waals surface area contributed by atoms with Crippen LogP contribution in [0.25, 0.3) is 11.3 Å². The number of aliphatic hydroxyl groups excluding tert-OH is 2. The number of carbonyl (C=O) groups is 1. The number of amides is 1. The molecule has 2 heterocycles. The first kappa shape index (κ1) is 22.1. The van der Waals surface area contributed by atoms with Crippen LogP contribution in [-0.4, -0.2) is 43.6 Å². The number of rotatable bonds is 7. The van der Waals surface area contributed by atoms with Gasteiger partial charge in [-0.05, 0) is 80.0 Å². The Hall–Kier alpha value is -3.10. The van der Waals surface area contributed by atoms with E-state index in [2.05, 4.69) is 16.9 Å². The molecule has 1 aromatic carbocycles. The summed E-state index contributed by atoms with van der Waals surface area (Å²) in [5.41, 5.74) is 17.5. The van der Waals surface area contributed by atoms with Gasteiger partial charge in [0.05, 0.1) is 23.6 Å². The lowest BCUT2D eigenvalue weighted by molar-refractivity contribution is 0.0682. The van der Waals surface area contributed by atoms with Crippen molar-refractivity contribution >= 4 is 17.2 Å². The first-order chi connectivity index (χ1) is 15.2. The van der Waals surface area contributed by atoms with Crippen LogP contribution in [-0.2, 0) is 6.54 Å². The van der Waals surface area contributed by atoms with Gasteiger partial charge in [0.25, 0.3) is 5.91 Å². The van der Waals surface area contributed by atoms with Gasteiger partial charge in [-0.2, -0.15) is 0 Å². The number of imidazole rings is 1. The summed E-state index contributed by atoms with van der Waals surface area (Å²) in [6.07, 6.45) is 4.26. The van der Waals surface area contributed by atoms with Gasteiger partial charge in [-0.1, -0.05) is 0 Å². The van der Waals surface area contributed by atoms with E-state index in [0.29, 0.717) is 46.2 Å². The molecule has 0 spiro atoms. The number of hydrogen-bond donors (Lipinski definition) is 5. The lowest BCUT2D eigenvalue weighted by atomic mass is 9.92. The molecule has 8 nitrogen and oxygen atoms in total. The van der Waals surface area contributed by atoms with Crippen LogP contribution in [0.4, 0.5) is 0 Å². The summed E-state index contributed by atoms with van der Waals surface area (Å²) in [6.45, 7) is 5.89. The highest BCUT2D eigenvalue weighted by molar-refractivity contribution is 6.01. The van der Waals surface area contributed by atoms with Crippen LogP contribution in [0.15, 0.2) is 24.4 Å². The summed E-state index contributed by atoms with van der Waals surface area (Å²) in [5, 5.41) is 20.1. The zero-order chi connectivity index (χ0) is 23.2. The largest absolute Gasteiger partial charge is 0.404 e. The number of hydrogen-bond acceptors (Lipinski definition) is 6. The van der Waals surface area contributed by atoms with Crippen molar-refractivity contribution < 1.29 is 15.0 Å². The molecular formula is C24H31N5O3. The molecule has 2 unspecified atom stereocenters. The SMILES string of the molecule is Cc1nc(/C(N)=C/C(=C\N)c2cc3c(c(C(O)CO)c2)C(=O)N(C(C)C2CC2)C3)[nH]c1C. The third-order valence-electron chi connectivity index (χ3n) is 6.62. The molecule has 4 rings (SSSR count). The molecule has 1 aromatic heterocycles. The number of aryl methyl sites for hydroxylation is 2. The fraction of sp³-hybridized carbons (Fsp3) is 0.417. The topological polar surface area (TPSA) is 141 Å². The molecular weight excluding hydrogens is 406 g/mol. The molecule has 0 saturated heterocycles. The van der Waals surface area contributed by atoms with Crippen LogP contribution in [0.1, 0.15) is 70.1 Å². The average Bonchev–Trinajstić information content (AvgIpc) is 3.51. The van der Waals surface area contributed by atoms with Gasteiger partial charge in [-0.25, -0.2) is 4.98 Å². The molecule has 2 aromatic rings. The maximum Gasteiger partial charge on any atom is 0.255 e. The monoisotopic (exact) mass is 437 g/mol. The summed E-state index contributed by atoms with van der Waals surface area (Å²) in [7, 11) is 0. The summed E-state index contributed by atoms with van der Waals surface area (Å²) in [4.78, 5) is 22.7. The first-order valence-corrected chi connectivity index (χ1v) is 10.9. The lowest BCUT2D eigenvalue weighted by Gasteiger charge is -2.24. The van der Waals surface area contributed by atoms with E-state index in [1.54, 1.807) is 12.1 Å². The van der Waals surface area contributed by atoms with Crippen molar-refractivity contribution in [1.29, 1.82) is 0 Å². The van der Waals surface area contributed by atoms with E-state index in [4.69, 9.17) is 11.5 Å². The van der Waals surface area contributed by atoms with E-state index in [-0.39, 0.29) is 11.9 Å². The Morgan fingerprint density at radius 1 is 1.38 bits per heavy atom. The van der Waals surface area contributed by atoms with E-state index in [1.807, 2.05) is 24.8 Å². The van der Waals surface area contributed by atoms with Gasteiger partial charge in [0.2, 0.25) is 0 Å². The van der Waals surface area contributed by atoms with Crippen molar-refractivity contribution in [3.05, 3.63) is 63.9 Å². The van der Waals surface area contributed by atoms with Crippen LogP contribution in [0.5, 0.6) is 0 Å². The highest BCUT2D eigenvalue weighted by Crippen LogP contribution is 2.40. The van der Waals surface area contributed by atoms with Crippen molar-refractivity contribution in [1.82, 2.24) is 14.9 Å². The van der Waals surface area contributed by atoms with Gasteiger partial charge in [0, 0.05) is 24.5 Å². The molecule has 1 aliphatic carbocycles. The summed E-state index contributed by atoms with van der Waals surface area (Å²) < 4.78 is 0. The first-order valence-electron chi connectivity index (χ1n) is 10.9. The second-order valence-electron chi connectivity index (χ2n) is 8.83. The third-order valence-corrected chi connectivity index (χ3v) is 6.62. The maximum atomic E-state index is 13.2. The van der Waals surface area contributed by atoms with Gasteiger partial charge in [-0.15, -0.1) is 0 Å². The molecule has 2 atom stereocenters. The number of aliphatic hydroxyl groups is 2. The van der Waals surface area contributed by atoms with Gasteiger partial charge in [0.15, 0.2) is 5.82 Å². The minimum Gasteiger partial charge on any atom is -0.404 e. The Bertz CT molecular complexity index is 1090. The number of carbonyl (C=O) groups excluding carboxylic acids is 1. The van der Waals surface area contributed by atoms with Gasteiger partial charge < -0.3 is 31.6 Å². The summed E-state index contributed by atoms with van der Waals surface area (Å²) in [6, 6.07) is 3.77. The number of H-pyrrole nitrogens is 1. The van der Waals surface area contributed by atoms with Crippen LogP contribution < -0.4 is 11.5 Å². The Balaban J connectivity index is 1.74. The number of fused-ring (bicyclic) bond motifs is 1. The highest BCUT2D eigenvalue weighted by Gasteiger charge is 2.40. The van der Waals surface area contributed by atoms with E-state index in [1.165, 1.54) is 6.20 Å². The average molecular weight is 438 g/mol. The molecule has 1 aliphatic heterocycles. The van der Waals surface area contributed by atoms with Crippen molar-refractivity contribution in [2.75, 3.05) is 6.61 Å². The smallest absolute Gasteiger partial charge is 0.255 e. The molecule has 1 amide bonds. The molecule has 8 heteroatoms. The number of nitrogens with zero attached hydrogens (tertiary/aromatic N) is 2. The molecule has 2 aliphatic rings. The van der Waals surface area contributed by atoms with Crippen molar-refractivity contribution in [2.45, 2.75) is 52.3 Å². The van der Waals surface area contributed by atoms with Crippen LogP contribution in [0.3, 0.4) is 0 Å². The number of allylic oxidation sites excluding steroid dienone is 2. The normalized spacial score (nSPS) is 18.8. The second-order valence-corrected chi connectivity index (χ2v) is 8.83. The van der Waals surface area contributed by atoms with Crippen molar-refractivity contribution in [3.8, 4) is 0 Å². The highest BCUT2D eigenvalue weighted by atomic mass is 16.3. The fourth-order valence-electron chi connectivity index (χ4n) is 4.35. The predicted molar refractivity (Wildman–Crippen MR) is 123 cm³/mol. The number of benzene rings is 1. The Morgan fingerprint density at radius 2 is 2.09 bits per heavy atom. The second kappa shape index (κ2) is 8.44. The number of aromatic nitrogens is 2. The Labute approximate surface area is 187 Å². The van der Waals surface area contributed by atoms with E-state index in [9.17, 15) is 15.0 Å². The quantitative estimate of drug-likeness (QED) is 0.420. The number of nitrogens with two attached hydrogens (primary N) is 2. The fourth-order valence-corrected chi connectivity index (χ4v) is 4.35. The molecule has 1 fully saturated rings. The Kier molecular flexibility index (Phi) is 5.83. The predicted octanol–water partition coefficient (Wildman–Crippen LogP) is 2.11. The van der Waals surface area contributed by atoms with Gasteiger partial charge in [-0.3, -0.25) is 4.79 Å². The minimum atomic E-state index is -1.17.